The van der Waals surface area contributed by atoms with Gasteiger partial charge in [0.1, 0.15) is 11.0 Å². The lowest BCUT2D eigenvalue weighted by Gasteiger charge is -2.26. The Morgan fingerprint density at radius 2 is 1.94 bits per heavy atom. The molecule has 6 heteroatoms. The van der Waals surface area contributed by atoms with Gasteiger partial charge in [-0.05, 0) is 37.5 Å². The molecule has 0 atom stereocenters. The number of piperidine rings is 1. The number of hydrogen-bond donors (Lipinski definition) is 1. The molecule has 0 radical (unpaired) electrons. The summed E-state index contributed by atoms with van der Waals surface area (Å²) in [5.41, 5.74) is 0. The summed E-state index contributed by atoms with van der Waals surface area (Å²) in [5, 5.41) is 3.76. The van der Waals surface area contributed by atoms with Crippen LogP contribution < -0.4 is 5.32 Å². The van der Waals surface area contributed by atoms with E-state index in [9.17, 15) is 0 Å². The zero-order chi connectivity index (χ0) is 12.1. The van der Waals surface area contributed by atoms with Crippen molar-refractivity contribution >= 4 is 29.0 Å². The zero-order valence-corrected chi connectivity index (χ0v) is 11.1. The first-order valence-corrected chi connectivity index (χ1v) is 6.66. The smallest absolute Gasteiger partial charge is 0.225 e. The summed E-state index contributed by atoms with van der Waals surface area (Å²) in [6, 6.07) is 1.68. The standard InChI is InChI=1S/C11H16Cl2N4/c12-9-8-10(16-11(13)15-9)14-4-7-17-5-2-1-3-6-17/h8H,1-7H2,(H,14,15,16). The summed E-state index contributed by atoms with van der Waals surface area (Å²) in [7, 11) is 0. The largest absolute Gasteiger partial charge is 0.369 e. The zero-order valence-electron chi connectivity index (χ0n) is 9.62. The molecule has 2 rings (SSSR count). The van der Waals surface area contributed by atoms with E-state index in [0.717, 1.165) is 13.1 Å². The molecule has 94 valence electrons. The minimum Gasteiger partial charge on any atom is -0.369 e. The second kappa shape index (κ2) is 6.38. The van der Waals surface area contributed by atoms with E-state index in [1.807, 2.05) is 0 Å². The first-order chi connectivity index (χ1) is 8.24. The first-order valence-electron chi connectivity index (χ1n) is 5.90. The molecular formula is C11H16Cl2N4. The van der Waals surface area contributed by atoms with Crippen LogP contribution in [0.15, 0.2) is 6.07 Å². The van der Waals surface area contributed by atoms with Crippen LogP contribution in [0.25, 0.3) is 0 Å². The maximum atomic E-state index is 5.79. The van der Waals surface area contributed by atoms with E-state index in [1.165, 1.54) is 32.4 Å². The normalized spacial score (nSPS) is 17.1. The molecule has 0 aromatic carbocycles. The highest BCUT2D eigenvalue weighted by Crippen LogP contribution is 2.14. The quantitative estimate of drug-likeness (QED) is 0.677. The fourth-order valence-corrected chi connectivity index (χ4v) is 2.41. The lowest BCUT2D eigenvalue weighted by molar-refractivity contribution is 0.237. The van der Waals surface area contributed by atoms with Crippen LogP contribution in [0.4, 0.5) is 5.82 Å². The number of aromatic nitrogens is 2. The minimum absolute atomic E-state index is 0.179. The molecule has 0 unspecified atom stereocenters. The third-order valence-electron chi connectivity index (χ3n) is 2.85. The van der Waals surface area contributed by atoms with Gasteiger partial charge < -0.3 is 10.2 Å². The van der Waals surface area contributed by atoms with E-state index < -0.39 is 0 Å². The topological polar surface area (TPSA) is 41.0 Å². The Bertz CT molecular complexity index is 346. The molecule has 1 saturated heterocycles. The third kappa shape index (κ3) is 4.30. The highest BCUT2D eigenvalue weighted by atomic mass is 35.5. The van der Waals surface area contributed by atoms with Crippen LogP contribution in [-0.4, -0.2) is 41.0 Å². The van der Waals surface area contributed by atoms with Gasteiger partial charge in [0, 0.05) is 19.2 Å². The van der Waals surface area contributed by atoms with Crippen molar-refractivity contribution in [3.05, 3.63) is 16.5 Å². The summed E-state index contributed by atoms with van der Waals surface area (Å²) >= 11 is 11.5. The minimum atomic E-state index is 0.179. The van der Waals surface area contributed by atoms with Crippen molar-refractivity contribution in [1.82, 2.24) is 14.9 Å². The predicted molar refractivity (Wildman–Crippen MR) is 70.8 cm³/mol. The van der Waals surface area contributed by atoms with Crippen LogP contribution in [0, 0.1) is 0 Å². The van der Waals surface area contributed by atoms with Gasteiger partial charge in [-0.25, -0.2) is 9.97 Å². The highest BCUT2D eigenvalue weighted by molar-refractivity contribution is 6.32. The Kier molecular flexibility index (Phi) is 4.83. The summed E-state index contributed by atoms with van der Waals surface area (Å²) in [4.78, 5) is 10.3. The van der Waals surface area contributed by atoms with Crippen LogP contribution in [-0.2, 0) is 0 Å². The molecule has 0 spiro atoms. The van der Waals surface area contributed by atoms with Crippen molar-refractivity contribution in [3.63, 3.8) is 0 Å². The monoisotopic (exact) mass is 274 g/mol. The number of anilines is 1. The van der Waals surface area contributed by atoms with Gasteiger partial charge in [0.05, 0.1) is 0 Å². The van der Waals surface area contributed by atoms with E-state index in [0.29, 0.717) is 11.0 Å². The molecule has 0 bridgehead atoms. The summed E-state index contributed by atoms with van der Waals surface area (Å²) in [6.07, 6.45) is 3.98. The molecule has 0 aliphatic carbocycles. The lowest BCUT2D eigenvalue weighted by atomic mass is 10.1. The molecule has 0 amide bonds. The molecular weight excluding hydrogens is 259 g/mol. The van der Waals surface area contributed by atoms with Crippen molar-refractivity contribution < 1.29 is 0 Å². The third-order valence-corrected chi connectivity index (χ3v) is 3.21. The van der Waals surface area contributed by atoms with Crippen molar-refractivity contribution in [3.8, 4) is 0 Å². The first kappa shape index (κ1) is 12.9. The van der Waals surface area contributed by atoms with E-state index in [2.05, 4.69) is 20.2 Å². The number of nitrogens with zero attached hydrogens (tertiary/aromatic N) is 3. The van der Waals surface area contributed by atoms with Gasteiger partial charge >= 0.3 is 0 Å². The Labute approximate surface area is 111 Å². The molecule has 17 heavy (non-hydrogen) atoms. The fraction of sp³-hybridized carbons (Fsp3) is 0.636. The molecule has 2 heterocycles. The molecule has 1 aromatic rings. The molecule has 1 aromatic heterocycles. The lowest BCUT2D eigenvalue weighted by Crippen LogP contribution is -2.33. The van der Waals surface area contributed by atoms with Crippen LogP contribution in [0.5, 0.6) is 0 Å². The van der Waals surface area contributed by atoms with Gasteiger partial charge in [-0.15, -0.1) is 0 Å². The van der Waals surface area contributed by atoms with Crippen LogP contribution in [0.3, 0.4) is 0 Å². The van der Waals surface area contributed by atoms with E-state index in [-0.39, 0.29) is 5.28 Å². The number of rotatable bonds is 4. The second-order valence-electron chi connectivity index (χ2n) is 4.17. The van der Waals surface area contributed by atoms with Gasteiger partial charge in [0.25, 0.3) is 0 Å². The number of halogens is 2. The van der Waals surface area contributed by atoms with E-state index in [1.54, 1.807) is 6.07 Å². The molecule has 1 aliphatic rings. The Hall–Kier alpha value is -0.580. The van der Waals surface area contributed by atoms with Crippen LogP contribution in [0.1, 0.15) is 19.3 Å². The van der Waals surface area contributed by atoms with Crippen molar-refractivity contribution in [2.24, 2.45) is 0 Å². The average Bonchev–Trinajstić information content (AvgIpc) is 2.29. The summed E-state index contributed by atoms with van der Waals surface area (Å²) in [6.45, 7) is 4.28. The van der Waals surface area contributed by atoms with Crippen molar-refractivity contribution in [2.45, 2.75) is 19.3 Å². The predicted octanol–water partition coefficient (Wildman–Crippen LogP) is 2.68. The maximum Gasteiger partial charge on any atom is 0.225 e. The molecule has 1 N–H and O–H groups in total. The maximum absolute atomic E-state index is 5.79. The summed E-state index contributed by atoms with van der Waals surface area (Å²) < 4.78 is 0. The second-order valence-corrected chi connectivity index (χ2v) is 4.90. The number of nitrogens with one attached hydrogen (secondary N) is 1. The van der Waals surface area contributed by atoms with Gasteiger partial charge in [-0.3, -0.25) is 0 Å². The van der Waals surface area contributed by atoms with Crippen molar-refractivity contribution in [1.29, 1.82) is 0 Å². The highest BCUT2D eigenvalue weighted by Gasteiger charge is 2.09. The fourth-order valence-electron chi connectivity index (χ4n) is 2.01. The number of likely N-dealkylation sites (tertiary alicyclic amines) is 1. The van der Waals surface area contributed by atoms with Gasteiger partial charge in [0.15, 0.2) is 0 Å². The van der Waals surface area contributed by atoms with Gasteiger partial charge in [0.2, 0.25) is 5.28 Å². The Morgan fingerprint density at radius 3 is 2.65 bits per heavy atom. The van der Waals surface area contributed by atoms with Gasteiger partial charge in [-0.1, -0.05) is 18.0 Å². The van der Waals surface area contributed by atoms with Crippen LogP contribution in [0.2, 0.25) is 10.4 Å². The summed E-state index contributed by atoms with van der Waals surface area (Å²) in [5.74, 6) is 0.687. The molecule has 0 saturated carbocycles. The Balaban J connectivity index is 1.77. The number of hydrogen-bond acceptors (Lipinski definition) is 4. The van der Waals surface area contributed by atoms with Crippen molar-refractivity contribution in [2.75, 3.05) is 31.5 Å². The van der Waals surface area contributed by atoms with E-state index >= 15 is 0 Å². The molecule has 1 aliphatic heterocycles. The van der Waals surface area contributed by atoms with E-state index in [4.69, 9.17) is 23.2 Å². The van der Waals surface area contributed by atoms with Gasteiger partial charge in [-0.2, -0.15) is 0 Å². The average molecular weight is 275 g/mol. The SMILES string of the molecule is Clc1cc(NCCN2CCCCC2)nc(Cl)n1. The molecule has 1 fully saturated rings. The van der Waals surface area contributed by atoms with Crippen LogP contribution >= 0.6 is 23.2 Å². The molecule has 4 nitrogen and oxygen atoms in total. The Morgan fingerprint density at radius 1 is 1.18 bits per heavy atom.